The summed E-state index contributed by atoms with van der Waals surface area (Å²) in [5, 5.41) is 2.42. The van der Waals surface area contributed by atoms with E-state index in [2.05, 4.69) is 10.1 Å². The minimum Gasteiger partial charge on any atom is -0.468 e. The average molecular weight is 186 g/mol. The molecule has 0 aromatic heterocycles. The molecule has 0 radical (unpaired) electrons. The molecule has 1 amide bonds. The summed E-state index contributed by atoms with van der Waals surface area (Å²) in [6.07, 6.45) is 2.01. The molecule has 1 rings (SSSR count). The van der Waals surface area contributed by atoms with E-state index in [1.807, 2.05) is 0 Å². The van der Waals surface area contributed by atoms with Crippen LogP contribution in [0.4, 0.5) is 0 Å². The number of amides is 1. The summed E-state index contributed by atoms with van der Waals surface area (Å²) in [5.74, 6) is -0.429. The zero-order valence-corrected chi connectivity index (χ0v) is 7.58. The second-order valence-electron chi connectivity index (χ2n) is 3.16. The van der Waals surface area contributed by atoms with E-state index in [0.717, 1.165) is 12.8 Å². The molecule has 74 valence electrons. The van der Waals surface area contributed by atoms with Crippen LogP contribution in [-0.4, -0.2) is 31.6 Å². The molecule has 0 saturated heterocycles. The maximum atomic E-state index is 11.2. The molecule has 3 N–H and O–H groups in total. The summed E-state index contributed by atoms with van der Waals surface area (Å²) < 4.78 is 4.36. The summed E-state index contributed by atoms with van der Waals surface area (Å²) in [6.45, 7) is -0.101. The minimum absolute atomic E-state index is 0.101. The first kappa shape index (κ1) is 9.98. The molecule has 0 bridgehead atoms. The van der Waals surface area contributed by atoms with Crippen molar-refractivity contribution in [2.75, 3.05) is 13.7 Å². The standard InChI is InChI=1S/C8H14N2O3/c1-13-6(11)4-10-8(12)7(9)5-2-3-5/h5,7H,2-4,9H2,1H3,(H,10,12)/t7-/m1/s1. The van der Waals surface area contributed by atoms with Gasteiger partial charge in [-0.15, -0.1) is 0 Å². The molecule has 1 atom stereocenters. The number of methoxy groups -OCH3 is 1. The van der Waals surface area contributed by atoms with Crippen LogP contribution in [0.5, 0.6) is 0 Å². The van der Waals surface area contributed by atoms with E-state index in [4.69, 9.17) is 5.73 Å². The van der Waals surface area contributed by atoms with E-state index in [9.17, 15) is 9.59 Å². The summed E-state index contributed by atoms with van der Waals surface area (Å²) in [4.78, 5) is 21.8. The van der Waals surface area contributed by atoms with E-state index >= 15 is 0 Å². The van der Waals surface area contributed by atoms with E-state index in [0.29, 0.717) is 5.92 Å². The van der Waals surface area contributed by atoms with E-state index in [1.54, 1.807) is 0 Å². The molecular formula is C8H14N2O3. The molecule has 0 spiro atoms. The molecule has 1 saturated carbocycles. The Morgan fingerprint density at radius 2 is 2.23 bits per heavy atom. The van der Waals surface area contributed by atoms with Gasteiger partial charge in [0.1, 0.15) is 6.54 Å². The van der Waals surface area contributed by atoms with Gasteiger partial charge in [0.2, 0.25) is 5.91 Å². The van der Waals surface area contributed by atoms with Crippen molar-refractivity contribution in [2.45, 2.75) is 18.9 Å². The second kappa shape index (κ2) is 4.23. The van der Waals surface area contributed by atoms with Crippen molar-refractivity contribution in [1.82, 2.24) is 5.32 Å². The van der Waals surface area contributed by atoms with Crippen LogP contribution >= 0.6 is 0 Å². The lowest BCUT2D eigenvalue weighted by Crippen LogP contribution is -2.44. The third kappa shape index (κ3) is 3.02. The molecule has 1 fully saturated rings. The Balaban J connectivity index is 2.20. The van der Waals surface area contributed by atoms with Gasteiger partial charge in [0.15, 0.2) is 0 Å². The van der Waals surface area contributed by atoms with Gasteiger partial charge < -0.3 is 15.8 Å². The Morgan fingerprint density at radius 3 is 2.69 bits per heavy atom. The Morgan fingerprint density at radius 1 is 1.62 bits per heavy atom. The Kier molecular flexibility index (Phi) is 3.25. The summed E-state index contributed by atoms with van der Waals surface area (Å²) in [7, 11) is 1.27. The van der Waals surface area contributed by atoms with Gasteiger partial charge in [-0.05, 0) is 18.8 Å². The van der Waals surface area contributed by atoms with Crippen molar-refractivity contribution >= 4 is 11.9 Å². The summed E-state index contributed by atoms with van der Waals surface area (Å²) in [5.41, 5.74) is 5.59. The van der Waals surface area contributed by atoms with E-state index < -0.39 is 12.0 Å². The quantitative estimate of drug-likeness (QED) is 0.552. The van der Waals surface area contributed by atoms with Crippen LogP contribution in [0.3, 0.4) is 0 Å². The first-order chi connectivity index (χ1) is 6.15. The number of nitrogens with two attached hydrogens (primary N) is 1. The van der Waals surface area contributed by atoms with Crippen molar-refractivity contribution < 1.29 is 14.3 Å². The van der Waals surface area contributed by atoms with Gasteiger partial charge in [-0.25, -0.2) is 0 Å². The maximum absolute atomic E-state index is 11.2. The number of carbonyl (C=O) groups is 2. The molecule has 13 heavy (non-hydrogen) atoms. The van der Waals surface area contributed by atoms with Crippen LogP contribution in [0.15, 0.2) is 0 Å². The van der Waals surface area contributed by atoms with Gasteiger partial charge in [0, 0.05) is 0 Å². The normalized spacial score (nSPS) is 17.7. The molecule has 1 aliphatic rings. The third-order valence-corrected chi connectivity index (χ3v) is 2.07. The first-order valence-electron chi connectivity index (χ1n) is 4.25. The largest absolute Gasteiger partial charge is 0.468 e. The molecule has 5 heteroatoms. The highest BCUT2D eigenvalue weighted by Gasteiger charge is 2.33. The molecular weight excluding hydrogens is 172 g/mol. The molecule has 0 unspecified atom stereocenters. The molecule has 0 aromatic carbocycles. The lowest BCUT2D eigenvalue weighted by atomic mass is 10.2. The minimum atomic E-state index is -0.468. The second-order valence-corrected chi connectivity index (χ2v) is 3.16. The SMILES string of the molecule is COC(=O)CNC(=O)[C@H](N)C1CC1. The van der Waals surface area contributed by atoms with Crippen molar-refractivity contribution in [3.8, 4) is 0 Å². The summed E-state index contributed by atoms with van der Waals surface area (Å²) >= 11 is 0. The van der Waals surface area contributed by atoms with Crippen LogP contribution in [0.2, 0.25) is 0 Å². The van der Waals surface area contributed by atoms with Crippen LogP contribution in [0, 0.1) is 5.92 Å². The highest BCUT2D eigenvalue weighted by Crippen LogP contribution is 2.31. The van der Waals surface area contributed by atoms with Crippen molar-refractivity contribution in [1.29, 1.82) is 0 Å². The molecule has 5 nitrogen and oxygen atoms in total. The van der Waals surface area contributed by atoms with Gasteiger partial charge in [0.05, 0.1) is 13.2 Å². The fraction of sp³-hybridized carbons (Fsp3) is 0.750. The summed E-state index contributed by atoms with van der Waals surface area (Å²) in [6, 6.07) is -0.468. The van der Waals surface area contributed by atoms with E-state index in [-0.39, 0.29) is 12.5 Å². The van der Waals surface area contributed by atoms with Crippen LogP contribution in [0.1, 0.15) is 12.8 Å². The molecule has 1 aliphatic carbocycles. The number of ether oxygens (including phenoxy) is 1. The highest BCUT2D eigenvalue weighted by atomic mass is 16.5. The number of rotatable bonds is 4. The smallest absolute Gasteiger partial charge is 0.325 e. The Labute approximate surface area is 76.6 Å². The topological polar surface area (TPSA) is 81.4 Å². The number of hydrogen-bond acceptors (Lipinski definition) is 4. The zero-order valence-electron chi connectivity index (χ0n) is 7.58. The molecule has 0 heterocycles. The molecule has 0 aliphatic heterocycles. The van der Waals surface area contributed by atoms with Gasteiger partial charge >= 0.3 is 5.97 Å². The predicted molar refractivity (Wildman–Crippen MR) is 45.7 cm³/mol. The lowest BCUT2D eigenvalue weighted by Gasteiger charge is -2.09. The van der Waals surface area contributed by atoms with Crippen LogP contribution < -0.4 is 11.1 Å². The Hall–Kier alpha value is -1.10. The van der Waals surface area contributed by atoms with E-state index in [1.165, 1.54) is 7.11 Å². The maximum Gasteiger partial charge on any atom is 0.325 e. The first-order valence-corrected chi connectivity index (χ1v) is 4.25. The van der Waals surface area contributed by atoms with Gasteiger partial charge in [-0.1, -0.05) is 0 Å². The van der Waals surface area contributed by atoms with Gasteiger partial charge in [-0.3, -0.25) is 9.59 Å². The van der Waals surface area contributed by atoms with Gasteiger partial charge in [0.25, 0.3) is 0 Å². The zero-order chi connectivity index (χ0) is 9.84. The predicted octanol–water partition coefficient (Wildman–Crippen LogP) is -0.987. The average Bonchev–Trinajstić information content (AvgIpc) is 2.95. The third-order valence-electron chi connectivity index (χ3n) is 2.07. The fourth-order valence-corrected chi connectivity index (χ4v) is 1.02. The number of hydrogen-bond donors (Lipinski definition) is 2. The number of nitrogens with one attached hydrogen (secondary N) is 1. The van der Waals surface area contributed by atoms with Crippen LogP contribution in [-0.2, 0) is 14.3 Å². The highest BCUT2D eigenvalue weighted by molar-refractivity contribution is 5.85. The molecule has 0 aromatic rings. The number of esters is 1. The monoisotopic (exact) mass is 186 g/mol. The van der Waals surface area contributed by atoms with Crippen molar-refractivity contribution in [3.05, 3.63) is 0 Å². The van der Waals surface area contributed by atoms with Crippen molar-refractivity contribution in [2.24, 2.45) is 11.7 Å². The van der Waals surface area contributed by atoms with Gasteiger partial charge in [-0.2, -0.15) is 0 Å². The van der Waals surface area contributed by atoms with Crippen molar-refractivity contribution in [3.63, 3.8) is 0 Å². The number of carbonyl (C=O) groups excluding carboxylic acids is 2. The lowest BCUT2D eigenvalue weighted by molar-refractivity contribution is -0.141. The van der Waals surface area contributed by atoms with Crippen LogP contribution in [0.25, 0.3) is 0 Å². The Bertz CT molecular complexity index is 213. The fourth-order valence-electron chi connectivity index (χ4n) is 1.02.